The molecule has 134 valence electrons. The van der Waals surface area contributed by atoms with Crippen LogP contribution in [0.3, 0.4) is 0 Å². The number of benzene rings is 2. The lowest BCUT2D eigenvalue weighted by Crippen LogP contribution is -2.26. The molecule has 0 aliphatic carbocycles. The molecule has 0 aliphatic rings. The summed E-state index contributed by atoms with van der Waals surface area (Å²) >= 11 is 1.83. The third kappa shape index (κ3) is 5.53. The summed E-state index contributed by atoms with van der Waals surface area (Å²) in [5.41, 5.74) is 4.05. The molecule has 0 radical (unpaired) electrons. The number of hydrogen-bond acceptors (Lipinski definition) is 3. The van der Waals surface area contributed by atoms with Gasteiger partial charge >= 0.3 is 0 Å². The van der Waals surface area contributed by atoms with Gasteiger partial charge in [0.05, 0.1) is 7.11 Å². The van der Waals surface area contributed by atoms with E-state index in [9.17, 15) is 4.79 Å². The molecule has 0 aromatic heterocycles. The summed E-state index contributed by atoms with van der Waals surface area (Å²) in [4.78, 5) is 12.5. The fourth-order valence-electron chi connectivity index (χ4n) is 2.67. The highest BCUT2D eigenvalue weighted by atomic mass is 32.2. The van der Waals surface area contributed by atoms with Gasteiger partial charge in [-0.25, -0.2) is 0 Å². The van der Waals surface area contributed by atoms with Crippen molar-refractivity contribution < 1.29 is 9.53 Å². The maximum absolute atomic E-state index is 12.5. The first-order chi connectivity index (χ1) is 12.0. The zero-order chi connectivity index (χ0) is 18.2. The van der Waals surface area contributed by atoms with E-state index in [0.29, 0.717) is 12.5 Å². The quantitative estimate of drug-likeness (QED) is 0.690. The predicted molar refractivity (Wildman–Crippen MR) is 107 cm³/mol. The van der Waals surface area contributed by atoms with E-state index in [0.717, 1.165) is 33.9 Å². The molecule has 2 aromatic rings. The van der Waals surface area contributed by atoms with E-state index in [4.69, 9.17) is 4.74 Å². The van der Waals surface area contributed by atoms with Gasteiger partial charge in [0.1, 0.15) is 5.75 Å². The highest BCUT2D eigenvalue weighted by molar-refractivity contribution is 7.98. The Labute approximate surface area is 155 Å². The van der Waals surface area contributed by atoms with E-state index < -0.39 is 0 Å². The molecule has 0 atom stereocenters. The van der Waals surface area contributed by atoms with E-state index in [1.54, 1.807) is 7.11 Å². The van der Waals surface area contributed by atoms with Gasteiger partial charge in [0.2, 0.25) is 0 Å². The number of carbonyl (C=O) groups excluding carboxylic acids is 1. The molecule has 0 saturated heterocycles. The number of aryl methyl sites for hydroxylation is 1. The molecule has 2 aromatic carbocycles. The number of nitrogens with one attached hydrogen (secondary N) is 1. The lowest BCUT2D eigenvalue weighted by molar-refractivity contribution is 0.0955. The van der Waals surface area contributed by atoms with Crippen molar-refractivity contribution in [3.05, 3.63) is 64.7 Å². The van der Waals surface area contributed by atoms with Crippen molar-refractivity contribution in [1.82, 2.24) is 5.32 Å². The Balaban J connectivity index is 1.89. The van der Waals surface area contributed by atoms with Crippen molar-refractivity contribution in [2.75, 3.05) is 19.4 Å². The number of hydrogen-bond donors (Lipinski definition) is 1. The second-order valence-corrected chi connectivity index (χ2v) is 7.46. The highest BCUT2D eigenvalue weighted by Gasteiger charge is 2.15. The van der Waals surface area contributed by atoms with Gasteiger partial charge in [-0.2, -0.15) is 11.8 Å². The number of methoxy groups -OCH3 is 1. The van der Waals surface area contributed by atoms with Crippen LogP contribution in [0.15, 0.2) is 42.5 Å². The second-order valence-electron chi connectivity index (χ2n) is 6.36. The Morgan fingerprint density at radius 1 is 1.20 bits per heavy atom. The Hall–Kier alpha value is -1.94. The van der Waals surface area contributed by atoms with E-state index >= 15 is 0 Å². The van der Waals surface area contributed by atoms with E-state index in [1.165, 1.54) is 5.56 Å². The number of ether oxygens (including phenoxy) is 1. The number of carbonyl (C=O) groups is 1. The van der Waals surface area contributed by atoms with Gasteiger partial charge in [0.15, 0.2) is 0 Å². The Morgan fingerprint density at radius 2 is 1.92 bits per heavy atom. The minimum Gasteiger partial charge on any atom is -0.496 e. The first-order valence-corrected chi connectivity index (χ1v) is 9.76. The van der Waals surface area contributed by atoms with Gasteiger partial charge in [0, 0.05) is 23.6 Å². The molecule has 2 rings (SSSR count). The fourth-order valence-corrected chi connectivity index (χ4v) is 3.49. The largest absolute Gasteiger partial charge is 0.496 e. The summed E-state index contributed by atoms with van der Waals surface area (Å²) in [5, 5.41) is 3.03. The number of rotatable bonds is 8. The molecule has 0 bridgehead atoms. The fraction of sp³-hybridized carbons (Fsp3) is 0.381. The summed E-state index contributed by atoms with van der Waals surface area (Å²) in [6.45, 7) is 6.83. The van der Waals surface area contributed by atoms with Crippen molar-refractivity contribution >= 4 is 17.7 Å². The Kier molecular flexibility index (Phi) is 7.38. The van der Waals surface area contributed by atoms with Crippen LogP contribution in [0.4, 0.5) is 0 Å². The lowest BCUT2D eigenvalue weighted by Gasteiger charge is -2.16. The summed E-state index contributed by atoms with van der Waals surface area (Å²) in [7, 11) is 1.67. The normalized spacial score (nSPS) is 10.8. The molecular weight excluding hydrogens is 330 g/mol. The monoisotopic (exact) mass is 357 g/mol. The van der Waals surface area contributed by atoms with E-state index in [-0.39, 0.29) is 5.91 Å². The van der Waals surface area contributed by atoms with E-state index in [2.05, 4.69) is 43.4 Å². The molecule has 0 spiro atoms. The zero-order valence-electron chi connectivity index (χ0n) is 15.5. The van der Waals surface area contributed by atoms with Gasteiger partial charge in [-0.3, -0.25) is 4.79 Å². The Bertz CT molecular complexity index is 699. The predicted octanol–water partition coefficient (Wildman–Crippen LogP) is 4.79. The molecule has 0 aliphatic heterocycles. The van der Waals surface area contributed by atoms with Crippen molar-refractivity contribution in [1.29, 1.82) is 0 Å². The molecule has 25 heavy (non-hydrogen) atoms. The van der Waals surface area contributed by atoms with Crippen molar-refractivity contribution in [2.24, 2.45) is 0 Å². The van der Waals surface area contributed by atoms with Crippen LogP contribution in [0, 0.1) is 6.92 Å². The molecular formula is C21H27NO2S. The maximum Gasteiger partial charge on any atom is 0.251 e. The standard InChI is InChI=1S/C21H27NO2S/c1-15(2)18-13-19(16(3)12-20(18)24-4)21(23)22-10-11-25-14-17-8-6-5-7-9-17/h5-9,12-13,15H,10-11,14H2,1-4H3,(H,22,23). The topological polar surface area (TPSA) is 38.3 Å². The average Bonchev–Trinajstić information content (AvgIpc) is 2.61. The maximum atomic E-state index is 12.5. The van der Waals surface area contributed by atoms with Gasteiger partial charge in [0.25, 0.3) is 5.91 Å². The first kappa shape index (κ1) is 19.4. The minimum atomic E-state index is -0.0117. The number of thioether (sulfide) groups is 1. The summed E-state index contributed by atoms with van der Waals surface area (Å²) < 4.78 is 5.44. The highest BCUT2D eigenvalue weighted by Crippen LogP contribution is 2.29. The van der Waals surface area contributed by atoms with Crippen LogP contribution in [0.5, 0.6) is 5.75 Å². The van der Waals surface area contributed by atoms with Gasteiger partial charge < -0.3 is 10.1 Å². The average molecular weight is 358 g/mol. The SMILES string of the molecule is COc1cc(C)c(C(=O)NCCSCc2ccccc2)cc1C(C)C. The molecule has 3 nitrogen and oxygen atoms in total. The van der Waals surface area contributed by atoms with Crippen LogP contribution in [0.2, 0.25) is 0 Å². The van der Waals surface area contributed by atoms with Crippen LogP contribution in [0.1, 0.15) is 46.8 Å². The smallest absolute Gasteiger partial charge is 0.251 e. The summed E-state index contributed by atoms with van der Waals surface area (Å²) in [6, 6.07) is 14.3. The van der Waals surface area contributed by atoms with Crippen LogP contribution >= 0.6 is 11.8 Å². The third-order valence-corrected chi connectivity index (χ3v) is 5.12. The zero-order valence-corrected chi connectivity index (χ0v) is 16.3. The molecule has 0 unspecified atom stereocenters. The second kappa shape index (κ2) is 9.52. The van der Waals surface area contributed by atoms with Crippen LogP contribution in [0.25, 0.3) is 0 Å². The molecule has 0 fully saturated rings. The van der Waals surface area contributed by atoms with Crippen LogP contribution < -0.4 is 10.1 Å². The summed E-state index contributed by atoms with van der Waals surface area (Å²) in [5.74, 6) is 3.01. The molecule has 4 heteroatoms. The lowest BCUT2D eigenvalue weighted by atomic mass is 9.96. The van der Waals surface area contributed by atoms with Crippen molar-refractivity contribution in [3.63, 3.8) is 0 Å². The minimum absolute atomic E-state index is 0.0117. The van der Waals surface area contributed by atoms with Crippen LogP contribution in [-0.2, 0) is 5.75 Å². The van der Waals surface area contributed by atoms with Crippen molar-refractivity contribution in [3.8, 4) is 5.75 Å². The molecule has 1 N–H and O–H groups in total. The summed E-state index contributed by atoms with van der Waals surface area (Å²) in [6.07, 6.45) is 0. The van der Waals surface area contributed by atoms with Gasteiger partial charge in [-0.1, -0.05) is 44.2 Å². The van der Waals surface area contributed by atoms with Crippen LogP contribution in [-0.4, -0.2) is 25.3 Å². The number of amides is 1. The third-order valence-electron chi connectivity index (χ3n) is 4.09. The Morgan fingerprint density at radius 3 is 2.56 bits per heavy atom. The molecule has 1 amide bonds. The van der Waals surface area contributed by atoms with Gasteiger partial charge in [-0.05, 0) is 41.7 Å². The van der Waals surface area contributed by atoms with Crippen molar-refractivity contribution in [2.45, 2.75) is 32.4 Å². The molecule has 0 saturated carbocycles. The van der Waals surface area contributed by atoms with E-state index in [1.807, 2.05) is 36.9 Å². The first-order valence-electron chi connectivity index (χ1n) is 8.61. The van der Waals surface area contributed by atoms with Gasteiger partial charge in [-0.15, -0.1) is 0 Å². The molecule has 0 heterocycles.